The topological polar surface area (TPSA) is 40.5 Å². The lowest BCUT2D eigenvalue weighted by Gasteiger charge is -2.20. The molecule has 0 saturated carbocycles. The lowest BCUT2D eigenvalue weighted by atomic mass is 10.4. The Hall–Kier alpha value is -0.220. The van der Waals surface area contributed by atoms with Crippen LogP contribution >= 0.6 is 12.6 Å². The van der Waals surface area contributed by atoms with Crippen LogP contribution in [0.2, 0.25) is 0 Å². The van der Waals surface area contributed by atoms with Crippen molar-refractivity contribution in [2.75, 3.05) is 13.1 Å². The maximum Gasteiger partial charge on any atom is 0.305 e. The molecule has 0 amide bonds. The lowest BCUT2D eigenvalue weighted by Crippen LogP contribution is -2.30. The minimum atomic E-state index is -0.767. The quantitative estimate of drug-likeness (QED) is 0.624. The number of carboxylic acid groups (broad SMARTS) is 1. The fourth-order valence-corrected chi connectivity index (χ4v) is 1.71. The van der Waals surface area contributed by atoms with Crippen molar-refractivity contribution in [1.82, 2.24) is 4.90 Å². The van der Waals surface area contributed by atoms with Gasteiger partial charge in [-0.2, -0.15) is 12.6 Å². The van der Waals surface area contributed by atoms with E-state index in [1.165, 1.54) is 12.8 Å². The number of aliphatic carboxylic acids is 1. The molecule has 0 aromatic carbocycles. The van der Waals surface area contributed by atoms with Gasteiger partial charge in [0.1, 0.15) is 0 Å². The lowest BCUT2D eigenvalue weighted by molar-refractivity contribution is -0.137. The normalized spacial score (nSPS) is 21.9. The third-order valence-electron chi connectivity index (χ3n) is 1.92. The van der Waals surface area contributed by atoms with Crippen LogP contribution in [0.15, 0.2) is 0 Å². The van der Waals surface area contributed by atoms with Crippen LogP contribution in [0.3, 0.4) is 0 Å². The van der Waals surface area contributed by atoms with Crippen LogP contribution in [-0.4, -0.2) is 34.4 Å². The molecule has 1 atom stereocenters. The van der Waals surface area contributed by atoms with Crippen molar-refractivity contribution < 1.29 is 9.90 Å². The van der Waals surface area contributed by atoms with E-state index in [1.807, 2.05) is 0 Å². The van der Waals surface area contributed by atoms with Gasteiger partial charge < -0.3 is 5.11 Å². The first-order valence-electron chi connectivity index (χ1n) is 3.84. The van der Waals surface area contributed by atoms with Gasteiger partial charge in [0.15, 0.2) is 0 Å². The molecule has 0 radical (unpaired) electrons. The molecule has 1 aliphatic heterocycles. The summed E-state index contributed by atoms with van der Waals surface area (Å²) in [5.41, 5.74) is 0. The molecule has 11 heavy (non-hydrogen) atoms. The highest BCUT2D eigenvalue weighted by Crippen LogP contribution is 2.16. The average molecular weight is 175 g/mol. The molecule has 0 aromatic rings. The van der Waals surface area contributed by atoms with E-state index in [-0.39, 0.29) is 11.8 Å². The maximum atomic E-state index is 10.3. The maximum absolute atomic E-state index is 10.3. The van der Waals surface area contributed by atoms with Crippen molar-refractivity contribution in [2.24, 2.45) is 0 Å². The van der Waals surface area contributed by atoms with Gasteiger partial charge in [-0.25, -0.2) is 0 Å². The molecule has 1 unspecified atom stereocenters. The Labute approximate surface area is 71.8 Å². The van der Waals surface area contributed by atoms with Gasteiger partial charge in [-0.15, -0.1) is 0 Å². The Kier molecular flexibility index (Phi) is 3.20. The summed E-state index contributed by atoms with van der Waals surface area (Å²) in [6.07, 6.45) is 2.50. The van der Waals surface area contributed by atoms with E-state index >= 15 is 0 Å². The zero-order valence-electron chi connectivity index (χ0n) is 6.36. The molecule has 64 valence electrons. The van der Waals surface area contributed by atoms with E-state index in [9.17, 15) is 4.79 Å². The Balaban J connectivity index is 2.28. The van der Waals surface area contributed by atoms with Crippen molar-refractivity contribution in [3.8, 4) is 0 Å². The number of nitrogens with zero attached hydrogens (tertiary/aromatic N) is 1. The minimum absolute atomic E-state index is 0.0880. The van der Waals surface area contributed by atoms with Crippen molar-refractivity contribution in [1.29, 1.82) is 0 Å². The molecule has 1 heterocycles. The highest BCUT2D eigenvalue weighted by molar-refractivity contribution is 7.80. The van der Waals surface area contributed by atoms with Crippen molar-refractivity contribution in [2.45, 2.75) is 24.6 Å². The molecule has 1 N–H and O–H groups in total. The highest BCUT2D eigenvalue weighted by Gasteiger charge is 2.20. The van der Waals surface area contributed by atoms with Gasteiger partial charge in [0.25, 0.3) is 0 Å². The molecule has 1 aliphatic rings. The number of hydrogen-bond donors (Lipinski definition) is 2. The smallest absolute Gasteiger partial charge is 0.305 e. The molecule has 0 spiro atoms. The Bertz CT molecular complexity index is 145. The third-order valence-corrected chi connectivity index (χ3v) is 2.43. The summed E-state index contributed by atoms with van der Waals surface area (Å²) in [5, 5.41) is 8.38. The molecule has 0 aliphatic carbocycles. The second-order valence-electron chi connectivity index (χ2n) is 2.82. The van der Waals surface area contributed by atoms with Crippen LogP contribution < -0.4 is 0 Å². The van der Waals surface area contributed by atoms with E-state index in [0.717, 1.165) is 13.1 Å². The molecular weight excluding hydrogens is 162 g/mol. The number of carboxylic acids is 1. The van der Waals surface area contributed by atoms with E-state index in [2.05, 4.69) is 17.5 Å². The number of carbonyl (C=O) groups is 1. The van der Waals surface area contributed by atoms with Gasteiger partial charge in [0.2, 0.25) is 0 Å². The summed E-state index contributed by atoms with van der Waals surface area (Å²) in [6, 6.07) is 0. The number of hydrogen-bond acceptors (Lipinski definition) is 3. The molecular formula is C7H13NO2S. The summed E-state index contributed by atoms with van der Waals surface area (Å²) >= 11 is 4.21. The van der Waals surface area contributed by atoms with Crippen LogP contribution in [0, 0.1) is 0 Å². The second kappa shape index (κ2) is 3.97. The van der Waals surface area contributed by atoms with Gasteiger partial charge in [0, 0.05) is 0 Å². The monoisotopic (exact) mass is 175 g/mol. The zero-order chi connectivity index (χ0) is 8.27. The van der Waals surface area contributed by atoms with Gasteiger partial charge in [0.05, 0.1) is 11.8 Å². The fraction of sp³-hybridized carbons (Fsp3) is 0.857. The van der Waals surface area contributed by atoms with Crippen LogP contribution in [0.5, 0.6) is 0 Å². The van der Waals surface area contributed by atoms with Gasteiger partial charge in [-0.3, -0.25) is 9.69 Å². The first-order valence-corrected chi connectivity index (χ1v) is 4.35. The van der Waals surface area contributed by atoms with Crippen LogP contribution in [-0.2, 0) is 4.79 Å². The van der Waals surface area contributed by atoms with Crippen LogP contribution in [0.1, 0.15) is 19.3 Å². The zero-order valence-corrected chi connectivity index (χ0v) is 7.26. The standard InChI is InChI=1S/C7H13NO2S/c9-7(10)5-6(11)8-3-1-2-4-8/h6,11H,1-5H2,(H,9,10). The van der Waals surface area contributed by atoms with E-state index in [1.54, 1.807) is 0 Å². The van der Waals surface area contributed by atoms with E-state index in [4.69, 9.17) is 5.11 Å². The highest BCUT2D eigenvalue weighted by atomic mass is 32.1. The summed E-state index contributed by atoms with van der Waals surface area (Å²) in [7, 11) is 0. The summed E-state index contributed by atoms with van der Waals surface area (Å²) in [5.74, 6) is -0.767. The average Bonchev–Trinajstić information content (AvgIpc) is 2.35. The van der Waals surface area contributed by atoms with Crippen molar-refractivity contribution in [3.05, 3.63) is 0 Å². The van der Waals surface area contributed by atoms with E-state index in [0.29, 0.717) is 0 Å². The Morgan fingerprint density at radius 1 is 1.55 bits per heavy atom. The molecule has 1 fully saturated rings. The fourth-order valence-electron chi connectivity index (χ4n) is 1.32. The number of rotatable bonds is 3. The third kappa shape index (κ3) is 2.71. The summed E-state index contributed by atoms with van der Waals surface area (Å²) in [4.78, 5) is 12.4. The number of thiol groups is 1. The van der Waals surface area contributed by atoms with Crippen molar-refractivity contribution >= 4 is 18.6 Å². The molecule has 1 saturated heterocycles. The van der Waals surface area contributed by atoms with E-state index < -0.39 is 5.97 Å². The van der Waals surface area contributed by atoms with Crippen LogP contribution in [0.4, 0.5) is 0 Å². The SMILES string of the molecule is O=C(O)CC(S)N1CCCC1. The predicted octanol–water partition coefficient (Wildman–Crippen LogP) is 0.813. The molecule has 3 nitrogen and oxygen atoms in total. The molecule has 0 bridgehead atoms. The second-order valence-corrected chi connectivity index (χ2v) is 3.42. The number of likely N-dealkylation sites (tertiary alicyclic amines) is 1. The Morgan fingerprint density at radius 2 is 2.09 bits per heavy atom. The molecule has 1 rings (SSSR count). The minimum Gasteiger partial charge on any atom is -0.481 e. The molecule has 0 aromatic heterocycles. The first kappa shape index (κ1) is 8.87. The molecule has 4 heteroatoms. The van der Waals surface area contributed by atoms with Gasteiger partial charge in [-0.05, 0) is 25.9 Å². The predicted molar refractivity (Wildman–Crippen MR) is 45.8 cm³/mol. The summed E-state index contributed by atoms with van der Waals surface area (Å²) in [6.45, 7) is 2.00. The van der Waals surface area contributed by atoms with Crippen LogP contribution in [0.25, 0.3) is 0 Å². The largest absolute Gasteiger partial charge is 0.481 e. The van der Waals surface area contributed by atoms with Gasteiger partial charge in [-0.1, -0.05) is 0 Å². The van der Waals surface area contributed by atoms with Crippen molar-refractivity contribution in [3.63, 3.8) is 0 Å². The Morgan fingerprint density at radius 3 is 2.55 bits per heavy atom. The van der Waals surface area contributed by atoms with Gasteiger partial charge >= 0.3 is 5.97 Å². The summed E-state index contributed by atoms with van der Waals surface area (Å²) < 4.78 is 0. The first-order chi connectivity index (χ1) is 5.20.